The number of aryl methyl sites for hydroxylation is 1. The lowest BCUT2D eigenvalue weighted by molar-refractivity contribution is 0.151. The summed E-state index contributed by atoms with van der Waals surface area (Å²) in [5.41, 5.74) is 3.16. The molecule has 1 aromatic heterocycles. The normalized spacial score (nSPS) is 15.9. The minimum Gasteiger partial charge on any atom is -0.337 e. The van der Waals surface area contributed by atoms with Crippen LogP contribution in [-0.4, -0.2) is 56.5 Å². The number of aromatic nitrogens is 2. The van der Waals surface area contributed by atoms with Gasteiger partial charge in [0.05, 0.1) is 12.0 Å². The van der Waals surface area contributed by atoms with Crippen molar-refractivity contribution in [3.8, 4) is 0 Å². The highest BCUT2D eigenvalue weighted by Crippen LogP contribution is 2.22. The molecule has 2 amide bonds. The molecule has 0 N–H and O–H groups in total. The van der Waals surface area contributed by atoms with Crippen molar-refractivity contribution in [3.63, 3.8) is 0 Å². The van der Waals surface area contributed by atoms with Crippen LogP contribution in [0.5, 0.6) is 0 Å². The molecule has 0 bridgehead atoms. The summed E-state index contributed by atoms with van der Waals surface area (Å²) < 4.78 is 2.03. The Morgan fingerprint density at radius 1 is 1.06 bits per heavy atom. The van der Waals surface area contributed by atoms with Crippen LogP contribution in [0.1, 0.15) is 23.2 Å². The van der Waals surface area contributed by atoms with Crippen molar-refractivity contribution in [2.75, 3.05) is 20.1 Å². The fraction of sp³-hybridized carbons (Fsp3) is 0.360. The van der Waals surface area contributed by atoms with E-state index in [1.54, 1.807) is 0 Å². The molecule has 2 aromatic carbocycles. The van der Waals surface area contributed by atoms with Crippen molar-refractivity contribution in [3.05, 3.63) is 87.9 Å². The standard InChI is InChI=1S/C25H29Cl2N5O/c1-29(16-24-13-28-18-30(24)2)23-9-10-31(17-23)25(33)32(14-19-5-3-7-21(26)11-19)15-20-6-4-8-22(27)12-20/h3-8,11-13,18,23H,9-10,14-17H2,1-2H3. The highest BCUT2D eigenvalue weighted by Gasteiger charge is 2.31. The third-order valence-corrected chi connectivity index (χ3v) is 6.65. The molecule has 1 unspecified atom stereocenters. The quantitative estimate of drug-likeness (QED) is 0.469. The van der Waals surface area contributed by atoms with Crippen LogP contribution in [0.4, 0.5) is 4.79 Å². The summed E-state index contributed by atoms with van der Waals surface area (Å²) in [6, 6.07) is 15.7. The fourth-order valence-electron chi connectivity index (χ4n) is 4.30. The highest BCUT2D eigenvalue weighted by atomic mass is 35.5. The first-order chi connectivity index (χ1) is 15.9. The third-order valence-electron chi connectivity index (χ3n) is 6.18. The Labute approximate surface area is 205 Å². The number of rotatable bonds is 7. The molecular weight excluding hydrogens is 457 g/mol. The first kappa shape index (κ1) is 23.6. The maximum atomic E-state index is 13.6. The van der Waals surface area contributed by atoms with Crippen molar-refractivity contribution in [2.24, 2.45) is 7.05 Å². The smallest absolute Gasteiger partial charge is 0.320 e. The molecule has 3 aromatic rings. The van der Waals surface area contributed by atoms with Crippen LogP contribution in [0.15, 0.2) is 61.1 Å². The summed E-state index contributed by atoms with van der Waals surface area (Å²) in [4.78, 5) is 24.0. The molecule has 0 spiro atoms. The first-order valence-corrected chi connectivity index (χ1v) is 11.8. The number of imidazole rings is 1. The Morgan fingerprint density at radius 2 is 1.70 bits per heavy atom. The first-order valence-electron chi connectivity index (χ1n) is 11.1. The highest BCUT2D eigenvalue weighted by molar-refractivity contribution is 6.30. The van der Waals surface area contributed by atoms with E-state index in [2.05, 4.69) is 16.9 Å². The number of urea groups is 1. The predicted molar refractivity (Wildman–Crippen MR) is 132 cm³/mol. The summed E-state index contributed by atoms with van der Waals surface area (Å²) >= 11 is 12.4. The van der Waals surface area contributed by atoms with Crippen LogP contribution in [0.25, 0.3) is 0 Å². The lowest BCUT2D eigenvalue weighted by Crippen LogP contribution is -2.43. The van der Waals surface area contributed by atoms with Crippen molar-refractivity contribution >= 4 is 29.2 Å². The summed E-state index contributed by atoms with van der Waals surface area (Å²) in [7, 11) is 4.12. The van der Waals surface area contributed by atoms with E-state index >= 15 is 0 Å². The van der Waals surface area contributed by atoms with Crippen LogP contribution in [-0.2, 0) is 26.7 Å². The number of likely N-dealkylation sites (tertiary alicyclic amines) is 1. The van der Waals surface area contributed by atoms with Crippen LogP contribution < -0.4 is 0 Å². The SMILES string of the molecule is CN(Cc1cncn1C)C1CCN(C(=O)N(Cc2cccc(Cl)c2)Cc2cccc(Cl)c2)C1. The van der Waals surface area contributed by atoms with Gasteiger partial charge in [0.1, 0.15) is 0 Å². The second kappa shape index (κ2) is 10.6. The average molecular weight is 486 g/mol. The van der Waals surface area contributed by atoms with Gasteiger partial charge in [0.2, 0.25) is 0 Å². The molecule has 0 saturated carbocycles. The monoisotopic (exact) mass is 485 g/mol. The van der Waals surface area contributed by atoms with Gasteiger partial charge in [-0.25, -0.2) is 9.78 Å². The predicted octanol–water partition coefficient (Wildman–Crippen LogP) is 5.06. The van der Waals surface area contributed by atoms with Gasteiger partial charge in [-0.15, -0.1) is 0 Å². The van der Waals surface area contributed by atoms with Crippen molar-refractivity contribution in [1.29, 1.82) is 0 Å². The van der Waals surface area contributed by atoms with Crippen molar-refractivity contribution < 1.29 is 4.79 Å². The van der Waals surface area contributed by atoms with Gasteiger partial charge in [0.25, 0.3) is 0 Å². The zero-order valence-electron chi connectivity index (χ0n) is 19.0. The van der Waals surface area contributed by atoms with E-state index in [1.165, 1.54) is 0 Å². The zero-order valence-corrected chi connectivity index (χ0v) is 20.5. The van der Waals surface area contributed by atoms with Crippen molar-refractivity contribution in [2.45, 2.75) is 32.1 Å². The number of carbonyl (C=O) groups is 1. The van der Waals surface area contributed by atoms with Gasteiger partial charge in [-0.2, -0.15) is 0 Å². The molecule has 4 rings (SSSR count). The number of hydrogen-bond donors (Lipinski definition) is 0. The summed E-state index contributed by atoms with van der Waals surface area (Å²) in [6.45, 7) is 3.21. The lowest BCUT2D eigenvalue weighted by Gasteiger charge is -2.30. The van der Waals surface area contributed by atoms with Gasteiger partial charge in [-0.05, 0) is 48.9 Å². The summed E-state index contributed by atoms with van der Waals surface area (Å²) in [5.74, 6) is 0. The minimum atomic E-state index is 0.0337. The number of amides is 2. The molecule has 0 radical (unpaired) electrons. The van der Waals surface area contributed by atoms with Crippen LogP contribution in [0, 0.1) is 0 Å². The van der Waals surface area contributed by atoms with E-state index < -0.39 is 0 Å². The van der Waals surface area contributed by atoms with Gasteiger partial charge in [-0.3, -0.25) is 4.90 Å². The maximum Gasteiger partial charge on any atom is 0.320 e. The molecule has 174 valence electrons. The molecule has 1 saturated heterocycles. The second-order valence-corrected chi connectivity index (χ2v) is 9.57. The number of halogens is 2. The number of benzene rings is 2. The van der Waals surface area contributed by atoms with E-state index in [0.717, 1.165) is 36.3 Å². The van der Waals surface area contributed by atoms with Gasteiger partial charge in [0, 0.05) is 62.1 Å². The van der Waals surface area contributed by atoms with Gasteiger partial charge in [-0.1, -0.05) is 47.5 Å². The molecule has 1 atom stereocenters. The number of carbonyl (C=O) groups excluding carboxylic acids is 1. The second-order valence-electron chi connectivity index (χ2n) is 8.70. The molecule has 8 heteroatoms. The van der Waals surface area contributed by atoms with Gasteiger partial charge < -0.3 is 14.4 Å². The summed E-state index contributed by atoms with van der Waals surface area (Å²) in [6.07, 6.45) is 4.66. The number of likely N-dealkylation sites (N-methyl/N-ethyl adjacent to an activating group) is 1. The molecule has 1 aliphatic rings. The Balaban J connectivity index is 1.46. The van der Waals surface area contributed by atoms with Gasteiger partial charge in [0.15, 0.2) is 0 Å². The molecule has 0 aliphatic carbocycles. The largest absolute Gasteiger partial charge is 0.337 e. The Morgan fingerprint density at radius 3 is 2.24 bits per heavy atom. The van der Waals surface area contributed by atoms with E-state index in [0.29, 0.717) is 35.7 Å². The van der Waals surface area contributed by atoms with E-state index in [4.69, 9.17) is 23.2 Å². The molecule has 33 heavy (non-hydrogen) atoms. The van der Waals surface area contributed by atoms with Gasteiger partial charge >= 0.3 is 6.03 Å². The third kappa shape index (κ3) is 6.08. The molecule has 6 nitrogen and oxygen atoms in total. The van der Waals surface area contributed by atoms with Crippen LogP contribution in [0.2, 0.25) is 10.0 Å². The molecule has 2 heterocycles. The van der Waals surface area contributed by atoms with Crippen LogP contribution in [0.3, 0.4) is 0 Å². The van der Waals surface area contributed by atoms with E-state index in [9.17, 15) is 4.79 Å². The molecule has 1 fully saturated rings. The molecule has 1 aliphatic heterocycles. The Kier molecular flexibility index (Phi) is 7.58. The lowest BCUT2D eigenvalue weighted by atomic mass is 10.1. The minimum absolute atomic E-state index is 0.0337. The van der Waals surface area contributed by atoms with E-state index in [-0.39, 0.29) is 6.03 Å². The Hall–Kier alpha value is -2.54. The van der Waals surface area contributed by atoms with Crippen LogP contribution >= 0.6 is 23.2 Å². The average Bonchev–Trinajstić information content (AvgIpc) is 3.43. The summed E-state index contributed by atoms with van der Waals surface area (Å²) in [5, 5.41) is 1.33. The van der Waals surface area contributed by atoms with E-state index in [1.807, 2.05) is 82.5 Å². The fourth-order valence-corrected chi connectivity index (χ4v) is 4.73. The number of nitrogens with zero attached hydrogens (tertiary/aromatic N) is 5. The molecular formula is C25H29Cl2N5O. The van der Waals surface area contributed by atoms with Crippen molar-refractivity contribution in [1.82, 2.24) is 24.3 Å². The maximum absolute atomic E-state index is 13.6. The number of hydrogen-bond acceptors (Lipinski definition) is 3. The zero-order chi connectivity index (χ0) is 23.4. The topological polar surface area (TPSA) is 44.6 Å². The Bertz CT molecular complexity index is 1050.